The minimum Gasteiger partial charge on any atom is -0.488 e. The second-order valence-electron chi connectivity index (χ2n) is 8.32. The third kappa shape index (κ3) is 3.76. The van der Waals surface area contributed by atoms with E-state index in [1.54, 1.807) is 13.2 Å². The van der Waals surface area contributed by atoms with Gasteiger partial charge < -0.3 is 19.1 Å². The first-order valence-corrected chi connectivity index (χ1v) is 10.8. The maximum Gasteiger partial charge on any atom is 0.194 e. The molecule has 0 radical (unpaired) electrons. The number of benzene rings is 1. The molecule has 1 aromatic heterocycles. The van der Waals surface area contributed by atoms with Crippen LogP contribution in [0, 0.1) is 11.8 Å². The molecule has 3 atom stereocenters. The van der Waals surface area contributed by atoms with Crippen molar-refractivity contribution in [3.05, 3.63) is 29.3 Å². The highest BCUT2D eigenvalue weighted by molar-refractivity contribution is 6.30. The van der Waals surface area contributed by atoms with Gasteiger partial charge in [0.15, 0.2) is 18.4 Å². The van der Waals surface area contributed by atoms with Crippen LogP contribution >= 0.6 is 11.6 Å². The van der Waals surface area contributed by atoms with Crippen LogP contribution in [0.5, 0.6) is 11.5 Å². The summed E-state index contributed by atoms with van der Waals surface area (Å²) in [6, 6.07) is 8.00. The number of halogens is 1. The summed E-state index contributed by atoms with van der Waals surface area (Å²) < 4.78 is 16.7. The Kier molecular flexibility index (Phi) is 5.22. The Hall–Kier alpha value is -2.05. The highest BCUT2D eigenvalue weighted by atomic mass is 35.5. The Bertz CT molecular complexity index is 882. The van der Waals surface area contributed by atoms with E-state index in [4.69, 9.17) is 25.8 Å². The van der Waals surface area contributed by atoms with Gasteiger partial charge in [-0.05, 0) is 49.3 Å². The Morgan fingerprint density at radius 1 is 1.14 bits per heavy atom. The van der Waals surface area contributed by atoms with Crippen molar-refractivity contribution < 1.29 is 14.2 Å². The molecule has 2 fully saturated rings. The number of anilines is 1. The monoisotopic (exact) mass is 415 g/mol. The lowest BCUT2D eigenvalue weighted by atomic mass is 9.84. The Morgan fingerprint density at radius 3 is 2.76 bits per heavy atom. The van der Waals surface area contributed by atoms with Gasteiger partial charge in [0, 0.05) is 29.8 Å². The summed E-state index contributed by atoms with van der Waals surface area (Å²) in [5, 5.41) is 9.72. The van der Waals surface area contributed by atoms with Crippen LogP contribution in [-0.4, -0.2) is 43.3 Å². The summed E-state index contributed by atoms with van der Waals surface area (Å²) in [6.45, 7) is 1.70. The zero-order valence-corrected chi connectivity index (χ0v) is 17.4. The summed E-state index contributed by atoms with van der Waals surface area (Å²) in [6.07, 6.45) is 6.74. The van der Waals surface area contributed by atoms with Crippen LogP contribution < -0.4 is 14.4 Å². The first kappa shape index (κ1) is 18.9. The molecule has 3 aliphatic rings. The lowest BCUT2D eigenvalue weighted by molar-refractivity contribution is 0.0515. The van der Waals surface area contributed by atoms with Gasteiger partial charge in [0.25, 0.3) is 0 Å². The van der Waals surface area contributed by atoms with Crippen LogP contribution in [0.3, 0.4) is 0 Å². The fourth-order valence-corrected chi connectivity index (χ4v) is 5.36. The molecule has 2 heterocycles. The third-order valence-corrected chi connectivity index (χ3v) is 6.69. The molecule has 2 unspecified atom stereocenters. The van der Waals surface area contributed by atoms with Crippen molar-refractivity contribution >= 4 is 17.4 Å². The van der Waals surface area contributed by atoms with Crippen molar-refractivity contribution in [2.24, 2.45) is 11.8 Å². The normalized spacial score (nSPS) is 25.4. The maximum atomic E-state index is 6.14. The smallest absolute Gasteiger partial charge is 0.194 e. The van der Waals surface area contributed by atoms with Crippen LogP contribution in [0.2, 0.25) is 5.02 Å². The van der Waals surface area contributed by atoms with Crippen molar-refractivity contribution in [3.63, 3.8) is 0 Å². The van der Waals surface area contributed by atoms with Gasteiger partial charge in [0.05, 0.1) is 6.54 Å². The van der Waals surface area contributed by atoms with E-state index in [-0.39, 0.29) is 6.79 Å². The lowest BCUT2D eigenvalue weighted by Gasteiger charge is -2.40. The quantitative estimate of drug-likeness (QED) is 0.667. The molecule has 154 valence electrons. The summed E-state index contributed by atoms with van der Waals surface area (Å²) in [7, 11) is 1.59. The van der Waals surface area contributed by atoms with Crippen LogP contribution in [0.25, 0.3) is 11.3 Å². The maximum absolute atomic E-state index is 6.14. The molecule has 6 nitrogen and oxygen atoms in total. The molecule has 2 aliphatic carbocycles. The number of nitrogens with zero attached hydrogens (tertiary/aromatic N) is 3. The highest BCUT2D eigenvalue weighted by Gasteiger charge is 2.38. The molecule has 0 amide bonds. The molecule has 1 aliphatic heterocycles. The minimum atomic E-state index is 0.139. The van der Waals surface area contributed by atoms with E-state index in [2.05, 4.69) is 15.1 Å². The molecule has 7 heteroatoms. The predicted octanol–water partition coefficient (Wildman–Crippen LogP) is 4.56. The second kappa shape index (κ2) is 8.00. The Morgan fingerprint density at radius 2 is 1.97 bits per heavy atom. The molecule has 0 spiro atoms. The summed E-state index contributed by atoms with van der Waals surface area (Å²) in [5.74, 6) is 4.05. The van der Waals surface area contributed by atoms with Crippen molar-refractivity contribution in [1.29, 1.82) is 0 Å². The van der Waals surface area contributed by atoms with E-state index in [1.165, 1.54) is 32.1 Å². The van der Waals surface area contributed by atoms with E-state index in [1.807, 2.05) is 18.2 Å². The van der Waals surface area contributed by atoms with Gasteiger partial charge in [-0.2, -0.15) is 0 Å². The zero-order chi connectivity index (χ0) is 19.8. The van der Waals surface area contributed by atoms with E-state index < -0.39 is 0 Å². The number of fused-ring (bicyclic) bond motifs is 3. The van der Waals surface area contributed by atoms with E-state index in [0.29, 0.717) is 29.1 Å². The van der Waals surface area contributed by atoms with E-state index in [0.717, 1.165) is 35.5 Å². The van der Waals surface area contributed by atoms with Gasteiger partial charge in [0.2, 0.25) is 0 Å². The fraction of sp³-hybridized carbons (Fsp3) is 0.545. The number of aromatic nitrogens is 2. The van der Waals surface area contributed by atoms with E-state index in [9.17, 15) is 0 Å². The lowest BCUT2D eigenvalue weighted by Crippen LogP contribution is -2.44. The summed E-state index contributed by atoms with van der Waals surface area (Å²) in [5.41, 5.74) is 1.52. The summed E-state index contributed by atoms with van der Waals surface area (Å²) in [4.78, 5) is 2.43. The van der Waals surface area contributed by atoms with Gasteiger partial charge in [-0.1, -0.05) is 24.4 Å². The average Bonchev–Trinajstić information content (AvgIpc) is 3.09. The molecule has 5 rings (SSSR count). The third-order valence-electron chi connectivity index (χ3n) is 6.46. The zero-order valence-electron chi connectivity index (χ0n) is 16.6. The standard InChI is InChI=1S/C22H26ClN3O3/c1-27-13-29-20-11-16(23)4-5-18(20)19-12-21-22(25-24-19)26(6-7-28-21)17-9-14-2-3-15(8-14)10-17/h4-5,11-12,14-15,17H,2-3,6-10,13H2,1H3/t14-,15?,17?/m1/s1. The molecular weight excluding hydrogens is 390 g/mol. The number of hydrogen-bond donors (Lipinski definition) is 0. The first-order chi connectivity index (χ1) is 14.2. The average molecular weight is 416 g/mol. The molecule has 2 saturated carbocycles. The van der Waals surface area contributed by atoms with E-state index >= 15 is 0 Å². The number of ether oxygens (including phenoxy) is 3. The SMILES string of the molecule is COCOc1cc(Cl)ccc1-c1cc2c(nn1)N(C1CC3CC[C@H](C3)C1)CCO2. The van der Waals surface area contributed by atoms with Crippen molar-refractivity contribution in [2.45, 2.75) is 38.1 Å². The summed E-state index contributed by atoms with van der Waals surface area (Å²) >= 11 is 6.14. The molecular formula is C22H26ClN3O3. The largest absolute Gasteiger partial charge is 0.488 e. The number of methoxy groups -OCH3 is 1. The van der Waals surface area contributed by atoms with Crippen molar-refractivity contribution in [1.82, 2.24) is 10.2 Å². The molecule has 1 aromatic carbocycles. The molecule has 2 bridgehead atoms. The Balaban J connectivity index is 1.44. The van der Waals surface area contributed by atoms with Crippen molar-refractivity contribution in [3.8, 4) is 22.8 Å². The van der Waals surface area contributed by atoms with Gasteiger partial charge >= 0.3 is 0 Å². The van der Waals surface area contributed by atoms with Crippen LogP contribution in [0.1, 0.15) is 32.1 Å². The minimum absolute atomic E-state index is 0.139. The Labute approximate surface area is 176 Å². The fourth-order valence-electron chi connectivity index (χ4n) is 5.20. The number of rotatable bonds is 5. The second-order valence-corrected chi connectivity index (χ2v) is 8.76. The van der Waals surface area contributed by atoms with Crippen molar-refractivity contribution in [2.75, 3.05) is 32.0 Å². The molecule has 0 N–H and O–H groups in total. The van der Waals surface area contributed by atoms with Gasteiger partial charge in [0.1, 0.15) is 18.1 Å². The van der Waals surface area contributed by atoms with Crippen LogP contribution in [0.15, 0.2) is 24.3 Å². The molecule has 2 aromatic rings. The van der Waals surface area contributed by atoms with Gasteiger partial charge in [-0.15, -0.1) is 10.2 Å². The predicted molar refractivity (Wildman–Crippen MR) is 112 cm³/mol. The topological polar surface area (TPSA) is 56.7 Å². The molecule has 29 heavy (non-hydrogen) atoms. The first-order valence-electron chi connectivity index (χ1n) is 10.4. The molecule has 0 saturated heterocycles. The number of hydrogen-bond acceptors (Lipinski definition) is 6. The van der Waals surface area contributed by atoms with Gasteiger partial charge in [-0.3, -0.25) is 0 Å². The highest BCUT2D eigenvalue weighted by Crippen LogP contribution is 2.46. The van der Waals surface area contributed by atoms with Crippen LogP contribution in [0.4, 0.5) is 5.82 Å². The van der Waals surface area contributed by atoms with Gasteiger partial charge in [-0.25, -0.2) is 0 Å². The van der Waals surface area contributed by atoms with Crippen LogP contribution in [-0.2, 0) is 4.74 Å².